The summed E-state index contributed by atoms with van der Waals surface area (Å²) in [6.07, 6.45) is 1.45. The summed E-state index contributed by atoms with van der Waals surface area (Å²) in [7, 11) is 0. The molecule has 0 saturated carbocycles. The summed E-state index contributed by atoms with van der Waals surface area (Å²) in [5, 5.41) is 3.35. The van der Waals surface area contributed by atoms with E-state index in [1.165, 1.54) is 12.3 Å². The molecule has 0 unspecified atom stereocenters. The zero-order chi connectivity index (χ0) is 12.4. The van der Waals surface area contributed by atoms with Crippen molar-refractivity contribution in [3.63, 3.8) is 0 Å². The van der Waals surface area contributed by atoms with Gasteiger partial charge in [0.2, 0.25) is 5.91 Å². The van der Waals surface area contributed by atoms with Gasteiger partial charge in [-0.3, -0.25) is 4.79 Å². The van der Waals surface area contributed by atoms with E-state index in [1.807, 2.05) is 0 Å². The third kappa shape index (κ3) is 2.26. The maximum Gasteiger partial charge on any atom is 0.235 e. The molecule has 0 fully saturated rings. The zero-order valence-corrected chi connectivity index (χ0v) is 9.92. The second-order valence-corrected chi connectivity index (χ2v) is 4.00. The summed E-state index contributed by atoms with van der Waals surface area (Å²) in [5.74, 6) is -0.788. The molecule has 1 atom stereocenters. The van der Waals surface area contributed by atoms with Gasteiger partial charge in [0.1, 0.15) is 5.88 Å². The van der Waals surface area contributed by atoms with Crippen molar-refractivity contribution in [2.24, 2.45) is 0 Å². The first kappa shape index (κ1) is 11.9. The van der Waals surface area contributed by atoms with Crippen molar-refractivity contribution in [2.75, 3.05) is 5.88 Å². The first-order chi connectivity index (χ1) is 8.13. The van der Waals surface area contributed by atoms with Gasteiger partial charge in [-0.1, -0.05) is 12.1 Å². The van der Waals surface area contributed by atoms with E-state index in [-0.39, 0.29) is 23.4 Å². The fourth-order valence-electron chi connectivity index (χ4n) is 1.73. The second kappa shape index (κ2) is 4.75. The summed E-state index contributed by atoms with van der Waals surface area (Å²) in [6.45, 7) is 1.79. The Bertz CT molecular complexity index is 552. The number of carbonyl (C=O) groups excluding carboxylic acids is 1. The molecule has 1 heterocycles. The molecular formula is C12H11ClFNO2. The minimum atomic E-state index is -0.412. The maximum atomic E-state index is 13.4. The van der Waals surface area contributed by atoms with Crippen LogP contribution in [0.4, 0.5) is 4.39 Å². The Morgan fingerprint density at radius 2 is 2.35 bits per heavy atom. The van der Waals surface area contributed by atoms with Crippen LogP contribution in [0.15, 0.2) is 28.9 Å². The first-order valence-corrected chi connectivity index (χ1v) is 5.68. The van der Waals surface area contributed by atoms with Crippen LogP contribution in [0.3, 0.4) is 0 Å². The number of carbonyl (C=O) groups is 1. The lowest BCUT2D eigenvalue weighted by Crippen LogP contribution is -2.27. The number of furan rings is 1. The number of para-hydroxylation sites is 1. The van der Waals surface area contributed by atoms with Crippen molar-refractivity contribution in [3.05, 3.63) is 35.8 Å². The van der Waals surface area contributed by atoms with E-state index in [0.29, 0.717) is 5.39 Å². The van der Waals surface area contributed by atoms with Crippen LogP contribution in [-0.2, 0) is 4.79 Å². The largest absolute Gasteiger partial charge is 0.461 e. The normalized spacial score (nSPS) is 12.6. The number of halogens is 2. The van der Waals surface area contributed by atoms with Crippen molar-refractivity contribution in [2.45, 2.75) is 13.0 Å². The predicted molar refractivity (Wildman–Crippen MR) is 63.4 cm³/mol. The molecule has 0 spiro atoms. The van der Waals surface area contributed by atoms with Gasteiger partial charge in [-0.05, 0) is 13.0 Å². The van der Waals surface area contributed by atoms with Crippen LogP contribution in [0.25, 0.3) is 11.0 Å². The Balaban J connectivity index is 2.36. The van der Waals surface area contributed by atoms with Gasteiger partial charge in [-0.2, -0.15) is 0 Å². The zero-order valence-electron chi connectivity index (χ0n) is 9.17. The summed E-state index contributed by atoms with van der Waals surface area (Å²) in [5.41, 5.74) is 0.937. The molecule has 0 aliphatic rings. The summed E-state index contributed by atoms with van der Waals surface area (Å²) in [4.78, 5) is 11.2. The minimum Gasteiger partial charge on any atom is -0.461 e. The smallest absolute Gasteiger partial charge is 0.235 e. The van der Waals surface area contributed by atoms with Gasteiger partial charge < -0.3 is 9.73 Å². The third-order valence-corrected chi connectivity index (χ3v) is 2.79. The number of amides is 1. The highest BCUT2D eigenvalue weighted by atomic mass is 35.5. The van der Waals surface area contributed by atoms with Crippen LogP contribution in [0.1, 0.15) is 18.5 Å². The molecule has 0 bridgehead atoms. The van der Waals surface area contributed by atoms with E-state index < -0.39 is 5.82 Å². The number of alkyl halides is 1. The van der Waals surface area contributed by atoms with Gasteiger partial charge in [-0.15, -0.1) is 11.6 Å². The van der Waals surface area contributed by atoms with E-state index in [4.69, 9.17) is 16.0 Å². The quantitative estimate of drug-likeness (QED) is 0.857. The average Bonchev–Trinajstić information content (AvgIpc) is 2.74. The highest BCUT2D eigenvalue weighted by molar-refractivity contribution is 6.27. The molecule has 2 aromatic rings. The van der Waals surface area contributed by atoms with Gasteiger partial charge in [0, 0.05) is 10.9 Å². The van der Waals surface area contributed by atoms with Gasteiger partial charge in [0.25, 0.3) is 0 Å². The molecule has 90 valence electrons. The summed E-state index contributed by atoms with van der Waals surface area (Å²) >= 11 is 5.41. The maximum absolute atomic E-state index is 13.4. The molecule has 0 aliphatic carbocycles. The minimum absolute atomic E-state index is 0.103. The number of fused-ring (bicyclic) bond motifs is 1. The molecule has 1 aromatic carbocycles. The lowest BCUT2D eigenvalue weighted by atomic mass is 10.1. The molecule has 0 aliphatic heterocycles. The summed E-state index contributed by atoms with van der Waals surface area (Å²) < 4.78 is 18.5. The fourth-order valence-corrected chi connectivity index (χ4v) is 1.81. The lowest BCUT2D eigenvalue weighted by molar-refractivity contribution is -0.119. The van der Waals surface area contributed by atoms with E-state index in [9.17, 15) is 9.18 Å². The first-order valence-electron chi connectivity index (χ1n) is 5.14. The van der Waals surface area contributed by atoms with Crippen molar-refractivity contribution < 1.29 is 13.6 Å². The number of nitrogens with one attached hydrogen (secondary N) is 1. The molecule has 17 heavy (non-hydrogen) atoms. The van der Waals surface area contributed by atoms with E-state index in [2.05, 4.69) is 5.32 Å². The van der Waals surface area contributed by atoms with Gasteiger partial charge in [0.05, 0.1) is 12.3 Å². The number of benzene rings is 1. The Labute approximate surface area is 103 Å². The highest BCUT2D eigenvalue weighted by Gasteiger charge is 2.16. The molecule has 0 saturated heterocycles. The van der Waals surface area contributed by atoms with Gasteiger partial charge in [-0.25, -0.2) is 4.39 Å². The Morgan fingerprint density at radius 1 is 1.59 bits per heavy atom. The number of hydrogen-bond donors (Lipinski definition) is 1. The van der Waals surface area contributed by atoms with Crippen LogP contribution in [-0.4, -0.2) is 11.8 Å². The van der Waals surface area contributed by atoms with E-state index in [0.717, 1.165) is 5.56 Å². The van der Waals surface area contributed by atoms with Crippen molar-refractivity contribution in [3.8, 4) is 0 Å². The Kier molecular flexibility index (Phi) is 3.33. The van der Waals surface area contributed by atoms with Crippen molar-refractivity contribution in [1.29, 1.82) is 0 Å². The molecule has 1 aromatic heterocycles. The monoisotopic (exact) mass is 255 g/mol. The molecule has 1 amide bonds. The van der Waals surface area contributed by atoms with Crippen LogP contribution >= 0.6 is 11.6 Å². The molecule has 1 N–H and O–H groups in total. The van der Waals surface area contributed by atoms with Crippen molar-refractivity contribution in [1.82, 2.24) is 5.32 Å². The predicted octanol–water partition coefficient (Wildman–Crippen LogP) is 2.99. The Hall–Kier alpha value is -1.55. The van der Waals surface area contributed by atoms with Crippen LogP contribution in [0.2, 0.25) is 0 Å². The number of hydrogen-bond acceptors (Lipinski definition) is 2. The van der Waals surface area contributed by atoms with E-state index in [1.54, 1.807) is 19.1 Å². The Morgan fingerprint density at radius 3 is 3.06 bits per heavy atom. The number of rotatable bonds is 3. The van der Waals surface area contributed by atoms with Gasteiger partial charge in [0.15, 0.2) is 11.4 Å². The molecule has 0 radical (unpaired) electrons. The van der Waals surface area contributed by atoms with Gasteiger partial charge >= 0.3 is 0 Å². The third-order valence-electron chi connectivity index (χ3n) is 2.55. The lowest BCUT2D eigenvalue weighted by Gasteiger charge is -2.11. The highest BCUT2D eigenvalue weighted by Crippen LogP contribution is 2.27. The molecule has 2 rings (SSSR count). The van der Waals surface area contributed by atoms with Crippen LogP contribution in [0, 0.1) is 5.82 Å². The second-order valence-electron chi connectivity index (χ2n) is 3.73. The van der Waals surface area contributed by atoms with Crippen LogP contribution in [0.5, 0.6) is 0 Å². The molecule has 5 heteroatoms. The van der Waals surface area contributed by atoms with Crippen LogP contribution < -0.4 is 5.32 Å². The van der Waals surface area contributed by atoms with Crippen molar-refractivity contribution >= 4 is 28.5 Å². The topological polar surface area (TPSA) is 42.2 Å². The SMILES string of the molecule is C[C@H](NC(=O)CCl)c1coc2c(F)cccc12. The van der Waals surface area contributed by atoms with E-state index >= 15 is 0 Å². The molecular weight excluding hydrogens is 245 g/mol. The molecule has 3 nitrogen and oxygen atoms in total. The average molecular weight is 256 g/mol. The fraction of sp³-hybridized carbons (Fsp3) is 0.250. The summed E-state index contributed by atoms with van der Waals surface area (Å²) in [6, 6.07) is 4.41. The standard InChI is InChI=1S/C12H11ClFNO2/c1-7(15-11(16)5-13)9-6-17-12-8(9)3-2-4-10(12)14/h2-4,6-7H,5H2,1H3,(H,15,16)/t7-/m0/s1.